The zero-order valence-corrected chi connectivity index (χ0v) is 12.7. The topological polar surface area (TPSA) is 32.3 Å². The summed E-state index contributed by atoms with van der Waals surface area (Å²) in [6, 6.07) is 6.87. The van der Waals surface area contributed by atoms with E-state index in [1.165, 1.54) is 6.07 Å². The van der Waals surface area contributed by atoms with Crippen LogP contribution in [0.1, 0.15) is 51.3 Å². The number of hydrogen-bond donors (Lipinski definition) is 1. The van der Waals surface area contributed by atoms with Crippen LogP contribution in [0.3, 0.4) is 0 Å². The third-order valence-electron chi connectivity index (χ3n) is 4.66. The van der Waals surface area contributed by atoms with Crippen LogP contribution in [-0.2, 0) is 4.79 Å². The van der Waals surface area contributed by atoms with Gasteiger partial charge in [-0.25, -0.2) is 4.39 Å². The molecule has 1 aromatic rings. The van der Waals surface area contributed by atoms with E-state index in [1.54, 1.807) is 12.1 Å². The summed E-state index contributed by atoms with van der Waals surface area (Å²) in [6.45, 7) is 4.27. The lowest BCUT2D eigenvalue weighted by Gasteiger charge is -2.25. The number of nitrogens with zero attached hydrogens (tertiary/aromatic N) is 1. The van der Waals surface area contributed by atoms with Crippen molar-refractivity contribution in [1.29, 1.82) is 0 Å². The highest BCUT2D eigenvalue weighted by Crippen LogP contribution is 2.42. The van der Waals surface area contributed by atoms with Crippen molar-refractivity contribution in [2.45, 2.75) is 57.8 Å². The molecule has 1 aliphatic heterocycles. The first-order valence-electron chi connectivity index (χ1n) is 7.96. The van der Waals surface area contributed by atoms with Gasteiger partial charge in [-0.05, 0) is 24.8 Å². The summed E-state index contributed by atoms with van der Waals surface area (Å²) in [5.74, 6) is 0.429. The Bertz CT molecular complexity index is 533. The Hall–Kier alpha value is -1.42. The average Bonchev–Trinajstić information content (AvgIpc) is 3.09. The van der Waals surface area contributed by atoms with Gasteiger partial charge < -0.3 is 4.90 Å². The smallest absolute Gasteiger partial charge is 0.241 e. The van der Waals surface area contributed by atoms with Gasteiger partial charge in [-0.2, -0.15) is 0 Å². The van der Waals surface area contributed by atoms with Crippen LogP contribution in [0.25, 0.3) is 0 Å². The monoisotopic (exact) mass is 290 g/mol. The molecule has 1 aliphatic carbocycles. The maximum Gasteiger partial charge on any atom is 0.241 e. The normalized spacial score (nSPS) is 31.8. The second-order valence-electron chi connectivity index (χ2n) is 6.31. The molecule has 2 aliphatic rings. The van der Waals surface area contributed by atoms with Gasteiger partial charge in [0.2, 0.25) is 5.91 Å². The van der Waals surface area contributed by atoms with Crippen LogP contribution in [-0.4, -0.2) is 22.9 Å². The molecule has 0 bridgehead atoms. The summed E-state index contributed by atoms with van der Waals surface area (Å²) in [4.78, 5) is 14.6. The molecule has 1 aromatic carbocycles. The molecule has 114 valence electrons. The molecule has 4 heteroatoms. The number of benzene rings is 1. The molecule has 1 N–H and O–H groups in total. The number of nitrogens with one attached hydrogen (secondary N) is 1. The van der Waals surface area contributed by atoms with Gasteiger partial charge in [0.25, 0.3) is 0 Å². The van der Waals surface area contributed by atoms with Gasteiger partial charge >= 0.3 is 0 Å². The summed E-state index contributed by atoms with van der Waals surface area (Å²) in [5.41, 5.74) is 0.587. The minimum Gasteiger partial charge on any atom is -0.318 e. The van der Waals surface area contributed by atoms with Gasteiger partial charge in [0.05, 0.1) is 6.04 Å². The molecule has 0 radical (unpaired) electrons. The van der Waals surface area contributed by atoms with E-state index in [0.29, 0.717) is 11.5 Å². The highest BCUT2D eigenvalue weighted by atomic mass is 19.1. The van der Waals surface area contributed by atoms with E-state index in [4.69, 9.17) is 0 Å². The van der Waals surface area contributed by atoms with Crippen molar-refractivity contribution < 1.29 is 9.18 Å². The molecular weight excluding hydrogens is 267 g/mol. The van der Waals surface area contributed by atoms with E-state index in [0.717, 1.165) is 25.7 Å². The SMILES string of the molecule is CCCCC1NC(c2ccccc2F)N(C2CC2C)C1=O. The fourth-order valence-corrected chi connectivity index (χ4v) is 3.25. The highest BCUT2D eigenvalue weighted by Gasteiger charge is 2.50. The first-order chi connectivity index (χ1) is 10.1. The molecule has 4 atom stereocenters. The van der Waals surface area contributed by atoms with Gasteiger partial charge in [0.15, 0.2) is 0 Å². The van der Waals surface area contributed by atoms with Gasteiger partial charge in [0, 0.05) is 11.6 Å². The first kappa shape index (κ1) is 14.5. The van der Waals surface area contributed by atoms with Crippen LogP contribution in [0.2, 0.25) is 0 Å². The molecule has 2 fully saturated rings. The molecule has 21 heavy (non-hydrogen) atoms. The minimum absolute atomic E-state index is 0.144. The van der Waals surface area contributed by atoms with Crippen molar-refractivity contribution >= 4 is 5.91 Å². The van der Waals surface area contributed by atoms with E-state index >= 15 is 0 Å². The third-order valence-corrected chi connectivity index (χ3v) is 4.66. The Labute approximate surface area is 125 Å². The van der Waals surface area contributed by atoms with Crippen molar-refractivity contribution in [3.05, 3.63) is 35.6 Å². The predicted molar refractivity (Wildman–Crippen MR) is 80.0 cm³/mol. The summed E-state index contributed by atoms with van der Waals surface area (Å²) in [5, 5.41) is 3.36. The molecule has 1 amide bonds. The Morgan fingerprint density at radius 2 is 2.10 bits per heavy atom. The Morgan fingerprint density at radius 3 is 2.71 bits per heavy atom. The molecule has 3 nitrogen and oxygen atoms in total. The fraction of sp³-hybridized carbons (Fsp3) is 0.588. The highest BCUT2D eigenvalue weighted by molar-refractivity contribution is 5.85. The van der Waals surface area contributed by atoms with Crippen LogP contribution in [0, 0.1) is 11.7 Å². The van der Waals surface area contributed by atoms with Crippen molar-refractivity contribution in [1.82, 2.24) is 10.2 Å². The van der Waals surface area contributed by atoms with Gasteiger partial charge in [0.1, 0.15) is 12.0 Å². The number of halogens is 1. The summed E-state index contributed by atoms with van der Waals surface area (Å²) in [6.07, 6.45) is 3.63. The van der Waals surface area contributed by atoms with Gasteiger partial charge in [-0.3, -0.25) is 10.1 Å². The maximum atomic E-state index is 14.1. The summed E-state index contributed by atoms with van der Waals surface area (Å²) < 4.78 is 14.1. The third kappa shape index (κ3) is 2.69. The van der Waals surface area contributed by atoms with E-state index in [9.17, 15) is 9.18 Å². The van der Waals surface area contributed by atoms with Crippen LogP contribution in [0.5, 0.6) is 0 Å². The second kappa shape index (κ2) is 5.76. The van der Waals surface area contributed by atoms with Crippen molar-refractivity contribution in [2.75, 3.05) is 0 Å². The molecule has 1 saturated heterocycles. The van der Waals surface area contributed by atoms with Crippen molar-refractivity contribution in [3.8, 4) is 0 Å². The average molecular weight is 290 g/mol. The Kier molecular flexibility index (Phi) is 3.98. The molecule has 0 spiro atoms. The van der Waals surface area contributed by atoms with Crippen LogP contribution >= 0.6 is 0 Å². The molecule has 3 rings (SSSR count). The lowest BCUT2D eigenvalue weighted by atomic mass is 10.1. The number of rotatable bonds is 5. The molecule has 0 aromatic heterocycles. The first-order valence-corrected chi connectivity index (χ1v) is 7.96. The van der Waals surface area contributed by atoms with E-state index in [-0.39, 0.29) is 30.0 Å². The van der Waals surface area contributed by atoms with E-state index in [1.807, 2.05) is 11.0 Å². The van der Waals surface area contributed by atoms with E-state index in [2.05, 4.69) is 19.2 Å². The lowest BCUT2D eigenvalue weighted by Crippen LogP contribution is -2.34. The fourth-order valence-electron chi connectivity index (χ4n) is 3.25. The number of carbonyl (C=O) groups excluding carboxylic acids is 1. The zero-order valence-electron chi connectivity index (χ0n) is 12.7. The van der Waals surface area contributed by atoms with Crippen LogP contribution in [0.15, 0.2) is 24.3 Å². The van der Waals surface area contributed by atoms with Crippen LogP contribution < -0.4 is 5.32 Å². The van der Waals surface area contributed by atoms with Gasteiger partial charge in [-0.15, -0.1) is 0 Å². The lowest BCUT2D eigenvalue weighted by molar-refractivity contribution is -0.131. The van der Waals surface area contributed by atoms with E-state index < -0.39 is 0 Å². The molecule has 1 heterocycles. The number of amides is 1. The summed E-state index contributed by atoms with van der Waals surface area (Å²) >= 11 is 0. The maximum absolute atomic E-state index is 14.1. The van der Waals surface area contributed by atoms with Crippen LogP contribution in [0.4, 0.5) is 4.39 Å². The zero-order chi connectivity index (χ0) is 15.0. The van der Waals surface area contributed by atoms with Gasteiger partial charge in [-0.1, -0.05) is 44.9 Å². The standard InChI is InChI=1S/C17H23FN2O/c1-3-4-9-14-17(21)20(15-10-11(15)2)16(19-14)12-7-5-6-8-13(12)18/h5-8,11,14-16,19H,3-4,9-10H2,1-2H3. The van der Waals surface area contributed by atoms with Crippen molar-refractivity contribution in [2.24, 2.45) is 5.92 Å². The Morgan fingerprint density at radius 1 is 1.38 bits per heavy atom. The largest absolute Gasteiger partial charge is 0.318 e. The number of hydrogen-bond acceptors (Lipinski definition) is 2. The molecule has 1 saturated carbocycles. The minimum atomic E-state index is -0.310. The second-order valence-corrected chi connectivity index (χ2v) is 6.31. The number of carbonyl (C=O) groups is 1. The molecular formula is C17H23FN2O. The summed E-state index contributed by atoms with van der Waals surface area (Å²) in [7, 11) is 0. The van der Waals surface area contributed by atoms with Crippen molar-refractivity contribution in [3.63, 3.8) is 0 Å². The predicted octanol–water partition coefficient (Wildman–Crippen LogP) is 3.22. The quantitative estimate of drug-likeness (QED) is 0.903. The molecule has 4 unspecified atom stereocenters. The number of unbranched alkanes of at least 4 members (excludes halogenated alkanes) is 1. The Balaban J connectivity index is 1.86.